The van der Waals surface area contributed by atoms with Gasteiger partial charge in [-0.1, -0.05) is 18.2 Å². The van der Waals surface area contributed by atoms with Crippen molar-refractivity contribution in [3.05, 3.63) is 29.8 Å². The molecule has 1 aromatic rings. The molecular weight excluding hydrogens is 280 g/mol. The summed E-state index contributed by atoms with van der Waals surface area (Å²) in [6, 6.07) is 7.11. The Hall–Kier alpha value is -1.68. The fraction of sp³-hybridized carbons (Fsp3) is 0.300. The highest BCUT2D eigenvalue weighted by atomic mass is 32.3. The predicted octanol–water partition coefficient (Wildman–Crippen LogP) is 0.132. The summed E-state index contributed by atoms with van der Waals surface area (Å²) in [5.74, 6) is -2.95. The van der Waals surface area contributed by atoms with Gasteiger partial charge in [-0.2, -0.15) is 8.42 Å². The van der Waals surface area contributed by atoms with Crippen molar-refractivity contribution in [3.8, 4) is 5.75 Å². The third kappa shape index (κ3) is 4.83. The highest BCUT2D eigenvalue weighted by Crippen LogP contribution is 2.31. The van der Waals surface area contributed by atoms with Gasteiger partial charge in [-0.25, -0.2) is 4.79 Å². The number of aliphatic carboxylic acids is 1. The summed E-state index contributed by atoms with van der Waals surface area (Å²) in [7, 11) is -4.67. The number of ether oxygens (including phenoxy) is 1. The van der Waals surface area contributed by atoms with E-state index in [0.717, 1.165) is 5.56 Å². The molecule has 0 saturated heterocycles. The lowest BCUT2D eigenvalue weighted by Crippen LogP contribution is -2.46. The minimum Gasteiger partial charge on any atom is -0.476 e. The fourth-order valence-electron chi connectivity index (χ4n) is 1.50. The summed E-state index contributed by atoms with van der Waals surface area (Å²) in [4.78, 5) is 10.7. The van der Waals surface area contributed by atoms with Crippen LogP contribution in [-0.4, -0.2) is 39.5 Å². The molecule has 1 heterocycles. The van der Waals surface area contributed by atoms with Crippen molar-refractivity contribution in [1.82, 2.24) is 0 Å². The van der Waals surface area contributed by atoms with Gasteiger partial charge in [0.1, 0.15) is 5.75 Å². The van der Waals surface area contributed by atoms with Gasteiger partial charge in [0.15, 0.2) is 0 Å². The lowest BCUT2D eigenvalue weighted by Gasteiger charge is -2.30. The molecule has 1 aliphatic rings. The number of carboxylic acids is 1. The van der Waals surface area contributed by atoms with Gasteiger partial charge in [0.25, 0.3) is 0 Å². The molecule has 0 bridgehead atoms. The van der Waals surface area contributed by atoms with Crippen LogP contribution in [0.1, 0.15) is 12.0 Å². The second-order valence-corrected chi connectivity index (χ2v) is 4.64. The number of carboxylic acid groups (broad SMARTS) is 1. The Morgan fingerprint density at radius 2 is 1.79 bits per heavy atom. The second kappa shape index (κ2) is 5.53. The number of hydrogen-bond donors (Lipinski definition) is 4. The standard InChI is InChI=1S/C10H10O4.H2O4S/c11-9(12)10(13)6-5-7-3-1-2-4-8(7)14-10;1-5(2,3)4/h1-4,13H,5-6H2,(H,11,12);(H2,1,2,3,4). The summed E-state index contributed by atoms with van der Waals surface area (Å²) in [6.07, 6.45) is 0.596. The second-order valence-electron chi connectivity index (χ2n) is 3.75. The van der Waals surface area contributed by atoms with Crippen LogP contribution >= 0.6 is 0 Å². The van der Waals surface area contributed by atoms with Crippen molar-refractivity contribution in [2.75, 3.05) is 0 Å². The van der Waals surface area contributed by atoms with E-state index in [1.165, 1.54) is 0 Å². The Kier molecular flexibility index (Phi) is 4.48. The van der Waals surface area contributed by atoms with Gasteiger partial charge in [-0.3, -0.25) is 9.11 Å². The third-order valence-electron chi connectivity index (χ3n) is 2.32. The van der Waals surface area contributed by atoms with Gasteiger partial charge < -0.3 is 14.9 Å². The van der Waals surface area contributed by atoms with Gasteiger partial charge in [0.05, 0.1) is 0 Å². The van der Waals surface area contributed by atoms with Crippen LogP contribution in [0.3, 0.4) is 0 Å². The van der Waals surface area contributed by atoms with Crippen LogP contribution in [0.15, 0.2) is 24.3 Å². The lowest BCUT2D eigenvalue weighted by molar-refractivity contribution is -0.198. The van der Waals surface area contributed by atoms with E-state index in [4.69, 9.17) is 27.4 Å². The van der Waals surface area contributed by atoms with Crippen molar-refractivity contribution in [2.45, 2.75) is 18.6 Å². The minimum atomic E-state index is -4.67. The van der Waals surface area contributed by atoms with Crippen LogP contribution in [0.5, 0.6) is 5.75 Å². The van der Waals surface area contributed by atoms with Gasteiger partial charge in [-0.05, 0) is 18.1 Å². The molecule has 0 fully saturated rings. The maximum atomic E-state index is 10.7. The van der Waals surface area contributed by atoms with Crippen LogP contribution in [0.4, 0.5) is 0 Å². The molecule has 0 aliphatic carbocycles. The Bertz CT molecular complexity index is 559. The number of para-hydroxylation sites is 1. The monoisotopic (exact) mass is 292 g/mol. The van der Waals surface area contributed by atoms with Gasteiger partial charge in [-0.15, -0.1) is 0 Å². The van der Waals surface area contributed by atoms with Gasteiger partial charge >= 0.3 is 22.2 Å². The van der Waals surface area contributed by atoms with E-state index in [-0.39, 0.29) is 6.42 Å². The smallest absolute Gasteiger partial charge is 0.394 e. The molecule has 4 N–H and O–H groups in total. The molecule has 1 unspecified atom stereocenters. The van der Waals surface area contributed by atoms with E-state index in [0.29, 0.717) is 12.2 Å². The number of hydrogen-bond acceptors (Lipinski definition) is 5. The number of benzene rings is 1. The first kappa shape index (κ1) is 15.4. The van der Waals surface area contributed by atoms with Crippen molar-refractivity contribution in [3.63, 3.8) is 0 Å². The normalized spacial score (nSPS) is 21.4. The van der Waals surface area contributed by atoms with Crippen molar-refractivity contribution in [2.24, 2.45) is 0 Å². The Labute approximate surface area is 108 Å². The van der Waals surface area contributed by atoms with Crippen LogP contribution in [0.2, 0.25) is 0 Å². The average Bonchev–Trinajstić information content (AvgIpc) is 2.26. The van der Waals surface area contributed by atoms with Gasteiger partial charge in [0.2, 0.25) is 0 Å². The minimum absolute atomic E-state index is 0.0827. The summed E-state index contributed by atoms with van der Waals surface area (Å²) in [5, 5.41) is 18.3. The summed E-state index contributed by atoms with van der Waals surface area (Å²) in [5.41, 5.74) is 0.929. The van der Waals surface area contributed by atoms with Crippen LogP contribution in [-0.2, 0) is 21.6 Å². The Balaban J connectivity index is 0.000000312. The molecule has 1 atom stereocenters. The maximum absolute atomic E-state index is 10.7. The largest absolute Gasteiger partial charge is 0.476 e. The van der Waals surface area contributed by atoms with Crippen molar-refractivity contribution < 1.29 is 37.3 Å². The number of aliphatic hydroxyl groups is 1. The fourth-order valence-corrected chi connectivity index (χ4v) is 1.50. The highest BCUT2D eigenvalue weighted by molar-refractivity contribution is 7.79. The molecule has 1 aromatic carbocycles. The molecule has 8 nitrogen and oxygen atoms in total. The Morgan fingerprint density at radius 3 is 2.32 bits per heavy atom. The zero-order valence-corrected chi connectivity index (χ0v) is 10.4. The van der Waals surface area contributed by atoms with Crippen LogP contribution < -0.4 is 4.74 Å². The number of aryl methyl sites for hydroxylation is 1. The molecule has 1 aliphatic heterocycles. The third-order valence-corrected chi connectivity index (χ3v) is 2.32. The molecule has 0 aromatic heterocycles. The maximum Gasteiger partial charge on any atom is 0.394 e. The van der Waals surface area contributed by atoms with E-state index >= 15 is 0 Å². The van der Waals surface area contributed by atoms with Crippen LogP contribution in [0, 0.1) is 0 Å². The topological polar surface area (TPSA) is 141 Å². The van der Waals surface area contributed by atoms with Gasteiger partial charge in [0, 0.05) is 6.42 Å². The van der Waals surface area contributed by atoms with Crippen molar-refractivity contribution in [1.29, 1.82) is 0 Å². The first-order valence-corrected chi connectivity index (χ1v) is 6.44. The molecule has 0 spiro atoms. The summed E-state index contributed by atoms with van der Waals surface area (Å²) < 4.78 is 36.6. The SMILES string of the molecule is O=C(O)C1(O)CCc2ccccc2O1.O=S(=O)(O)O. The van der Waals surface area contributed by atoms with E-state index < -0.39 is 22.2 Å². The lowest BCUT2D eigenvalue weighted by atomic mass is 10.00. The van der Waals surface area contributed by atoms with E-state index in [1.807, 2.05) is 12.1 Å². The molecule has 9 heteroatoms. The van der Waals surface area contributed by atoms with E-state index in [9.17, 15) is 9.90 Å². The molecule has 0 amide bonds. The molecule has 0 saturated carbocycles. The zero-order valence-electron chi connectivity index (χ0n) is 9.55. The molecule has 0 radical (unpaired) electrons. The Morgan fingerprint density at radius 1 is 1.26 bits per heavy atom. The number of rotatable bonds is 1. The number of carbonyl (C=O) groups is 1. The molecule has 2 rings (SSSR count). The van der Waals surface area contributed by atoms with E-state index in [2.05, 4.69) is 0 Å². The zero-order chi connectivity index (χ0) is 14.7. The predicted molar refractivity (Wildman–Crippen MR) is 62.2 cm³/mol. The van der Waals surface area contributed by atoms with E-state index in [1.54, 1.807) is 12.1 Å². The first-order valence-electron chi connectivity index (χ1n) is 5.04. The summed E-state index contributed by atoms with van der Waals surface area (Å²) >= 11 is 0. The molecule has 106 valence electrons. The highest BCUT2D eigenvalue weighted by Gasteiger charge is 2.41. The quantitative estimate of drug-likeness (QED) is 0.535. The first-order chi connectivity index (χ1) is 8.62. The molecule has 19 heavy (non-hydrogen) atoms. The average molecular weight is 292 g/mol. The summed E-state index contributed by atoms with van der Waals surface area (Å²) in [6.45, 7) is 0. The number of fused-ring (bicyclic) bond motifs is 1. The molecular formula is C10H12O8S. The van der Waals surface area contributed by atoms with Crippen LogP contribution in [0.25, 0.3) is 0 Å². The van der Waals surface area contributed by atoms with Crippen molar-refractivity contribution >= 4 is 16.4 Å².